The molecule has 0 saturated carbocycles. The maximum Gasteiger partial charge on any atom is 0.227 e. The Morgan fingerprint density at radius 3 is 2.60 bits per heavy atom. The summed E-state index contributed by atoms with van der Waals surface area (Å²) in [4.78, 5) is 26.7. The molecule has 0 aliphatic carbocycles. The van der Waals surface area contributed by atoms with Crippen LogP contribution in [0.15, 0.2) is 42.6 Å². The summed E-state index contributed by atoms with van der Waals surface area (Å²) in [5, 5.41) is 0.999. The molecule has 2 aromatic heterocycles. The zero-order valence-electron chi connectivity index (χ0n) is 14.2. The SMILES string of the molecule is Cc1ccc(CC(=O)N2CCN(c3nc4cccnc4s3)CC2)cc1. The van der Waals surface area contributed by atoms with Crippen molar-refractivity contribution in [3.63, 3.8) is 0 Å². The van der Waals surface area contributed by atoms with E-state index in [2.05, 4.69) is 33.9 Å². The van der Waals surface area contributed by atoms with Crippen LogP contribution in [0.3, 0.4) is 0 Å². The van der Waals surface area contributed by atoms with E-state index >= 15 is 0 Å². The average molecular weight is 352 g/mol. The lowest BCUT2D eigenvalue weighted by Crippen LogP contribution is -2.49. The first-order valence-electron chi connectivity index (χ1n) is 8.49. The van der Waals surface area contributed by atoms with Gasteiger partial charge in [0.15, 0.2) is 5.13 Å². The Labute approximate surface area is 150 Å². The number of carbonyl (C=O) groups excluding carboxylic acids is 1. The molecule has 3 aromatic rings. The summed E-state index contributed by atoms with van der Waals surface area (Å²) in [5.74, 6) is 0.203. The summed E-state index contributed by atoms with van der Waals surface area (Å²) < 4.78 is 0. The normalized spacial score (nSPS) is 14.9. The average Bonchev–Trinajstić information content (AvgIpc) is 3.08. The first-order valence-corrected chi connectivity index (χ1v) is 9.30. The largest absolute Gasteiger partial charge is 0.344 e. The lowest BCUT2D eigenvalue weighted by atomic mass is 10.1. The van der Waals surface area contributed by atoms with E-state index < -0.39 is 0 Å². The third-order valence-corrected chi connectivity index (χ3v) is 5.57. The Morgan fingerprint density at radius 2 is 1.88 bits per heavy atom. The van der Waals surface area contributed by atoms with Gasteiger partial charge in [-0.25, -0.2) is 9.97 Å². The molecular formula is C19H20N4OS. The Hall–Kier alpha value is -2.47. The van der Waals surface area contributed by atoms with Crippen LogP contribution in [-0.4, -0.2) is 47.0 Å². The van der Waals surface area contributed by atoms with Crippen LogP contribution in [-0.2, 0) is 11.2 Å². The minimum Gasteiger partial charge on any atom is -0.344 e. The fourth-order valence-corrected chi connectivity index (χ4v) is 3.99. The van der Waals surface area contributed by atoms with Gasteiger partial charge in [0.25, 0.3) is 0 Å². The molecule has 3 heterocycles. The predicted molar refractivity (Wildman–Crippen MR) is 101 cm³/mol. The van der Waals surface area contributed by atoms with E-state index in [0.29, 0.717) is 6.42 Å². The van der Waals surface area contributed by atoms with Crippen molar-refractivity contribution in [2.24, 2.45) is 0 Å². The number of aromatic nitrogens is 2. The number of carbonyl (C=O) groups is 1. The molecule has 0 bridgehead atoms. The third-order valence-electron chi connectivity index (χ3n) is 4.53. The maximum absolute atomic E-state index is 12.5. The third kappa shape index (κ3) is 3.49. The van der Waals surface area contributed by atoms with Crippen LogP contribution in [0.2, 0.25) is 0 Å². The first-order chi connectivity index (χ1) is 12.2. The van der Waals surface area contributed by atoms with Crippen LogP contribution in [0.1, 0.15) is 11.1 Å². The summed E-state index contributed by atoms with van der Waals surface area (Å²) in [6, 6.07) is 12.1. The van der Waals surface area contributed by atoms with Gasteiger partial charge in [-0.3, -0.25) is 4.79 Å². The number of rotatable bonds is 3. The van der Waals surface area contributed by atoms with Gasteiger partial charge in [0, 0.05) is 32.4 Å². The summed E-state index contributed by atoms with van der Waals surface area (Å²) in [7, 11) is 0. The number of pyridine rings is 1. The minimum absolute atomic E-state index is 0.203. The van der Waals surface area contributed by atoms with Crippen molar-refractivity contribution in [2.45, 2.75) is 13.3 Å². The Morgan fingerprint density at radius 1 is 1.12 bits per heavy atom. The minimum atomic E-state index is 0.203. The van der Waals surface area contributed by atoms with Gasteiger partial charge in [-0.15, -0.1) is 0 Å². The molecule has 1 saturated heterocycles. The van der Waals surface area contributed by atoms with E-state index in [0.717, 1.165) is 47.2 Å². The van der Waals surface area contributed by atoms with E-state index in [4.69, 9.17) is 0 Å². The van der Waals surface area contributed by atoms with E-state index in [1.165, 1.54) is 5.56 Å². The second-order valence-electron chi connectivity index (χ2n) is 6.35. The van der Waals surface area contributed by atoms with Crippen molar-refractivity contribution in [1.82, 2.24) is 14.9 Å². The zero-order valence-corrected chi connectivity index (χ0v) is 15.0. The van der Waals surface area contributed by atoms with Gasteiger partial charge in [0.05, 0.1) is 6.42 Å². The number of hydrogen-bond acceptors (Lipinski definition) is 5. The summed E-state index contributed by atoms with van der Waals surface area (Å²) in [5.41, 5.74) is 3.24. The molecule has 0 spiro atoms. The van der Waals surface area contributed by atoms with E-state index in [9.17, 15) is 4.79 Å². The van der Waals surface area contributed by atoms with Crippen LogP contribution in [0.4, 0.5) is 5.13 Å². The molecular weight excluding hydrogens is 332 g/mol. The lowest BCUT2D eigenvalue weighted by molar-refractivity contribution is -0.130. The Bertz CT molecular complexity index is 849. The molecule has 128 valence electrons. The molecule has 0 atom stereocenters. The number of hydrogen-bond donors (Lipinski definition) is 0. The monoisotopic (exact) mass is 352 g/mol. The number of amides is 1. The van der Waals surface area contributed by atoms with E-state index in [1.54, 1.807) is 17.5 Å². The summed E-state index contributed by atoms with van der Waals surface area (Å²) in [6.07, 6.45) is 2.28. The molecule has 25 heavy (non-hydrogen) atoms. The molecule has 1 amide bonds. The molecule has 6 heteroatoms. The molecule has 1 fully saturated rings. The van der Waals surface area contributed by atoms with Gasteiger partial charge in [-0.2, -0.15) is 0 Å². The molecule has 0 N–H and O–H groups in total. The molecule has 4 rings (SSSR count). The van der Waals surface area contributed by atoms with Gasteiger partial charge in [-0.05, 0) is 24.6 Å². The van der Waals surface area contributed by atoms with Crippen molar-refractivity contribution in [3.8, 4) is 0 Å². The highest BCUT2D eigenvalue weighted by Crippen LogP contribution is 2.27. The smallest absolute Gasteiger partial charge is 0.227 e. The highest BCUT2D eigenvalue weighted by Gasteiger charge is 2.23. The number of nitrogens with zero attached hydrogens (tertiary/aromatic N) is 4. The van der Waals surface area contributed by atoms with Gasteiger partial charge in [0.1, 0.15) is 10.3 Å². The molecule has 0 radical (unpaired) electrons. The molecule has 0 unspecified atom stereocenters. The number of anilines is 1. The molecule has 1 aromatic carbocycles. The van der Waals surface area contributed by atoms with Crippen molar-refractivity contribution < 1.29 is 4.79 Å². The Kier molecular flexibility index (Phi) is 4.36. The topological polar surface area (TPSA) is 49.3 Å². The first kappa shape index (κ1) is 16.0. The Balaban J connectivity index is 1.37. The maximum atomic E-state index is 12.5. The summed E-state index contributed by atoms with van der Waals surface area (Å²) >= 11 is 1.62. The highest BCUT2D eigenvalue weighted by atomic mass is 32.1. The second kappa shape index (κ2) is 6.80. The van der Waals surface area contributed by atoms with Gasteiger partial charge in [0.2, 0.25) is 5.91 Å². The van der Waals surface area contributed by atoms with Crippen molar-refractivity contribution >= 4 is 32.7 Å². The molecule has 1 aliphatic rings. The van der Waals surface area contributed by atoms with Crippen LogP contribution < -0.4 is 4.90 Å². The van der Waals surface area contributed by atoms with E-state index in [1.807, 2.05) is 29.2 Å². The zero-order chi connectivity index (χ0) is 17.2. The lowest BCUT2D eigenvalue weighted by Gasteiger charge is -2.34. The predicted octanol–water partition coefficient (Wildman–Crippen LogP) is 2.89. The number of fused-ring (bicyclic) bond motifs is 1. The fourth-order valence-electron chi connectivity index (χ4n) is 3.03. The fraction of sp³-hybridized carbons (Fsp3) is 0.316. The van der Waals surface area contributed by atoms with Gasteiger partial charge in [-0.1, -0.05) is 41.2 Å². The second-order valence-corrected chi connectivity index (χ2v) is 7.31. The number of thiazole rings is 1. The van der Waals surface area contributed by atoms with Crippen molar-refractivity contribution in [1.29, 1.82) is 0 Å². The number of aryl methyl sites for hydroxylation is 1. The van der Waals surface area contributed by atoms with Crippen LogP contribution in [0, 0.1) is 6.92 Å². The number of piperazine rings is 1. The van der Waals surface area contributed by atoms with Gasteiger partial charge < -0.3 is 9.80 Å². The van der Waals surface area contributed by atoms with Crippen LogP contribution in [0.25, 0.3) is 10.3 Å². The molecule has 5 nitrogen and oxygen atoms in total. The number of benzene rings is 1. The van der Waals surface area contributed by atoms with Crippen LogP contribution >= 0.6 is 11.3 Å². The van der Waals surface area contributed by atoms with E-state index in [-0.39, 0.29) is 5.91 Å². The summed E-state index contributed by atoms with van der Waals surface area (Å²) in [6.45, 7) is 5.18. The van der Waals surface area contributed by atoms with Crippen molar-refractivity contribution in [2.75, 3.05) is 31.1 Å². The van der Waals surface area contributed by atoms with Crippen LogP contribution in [0.5, 0.6) is 0 Å². The van der Waals surface area contributed by atoms with Crippen molar-refractivity contribution in [3.05, 3.63) is 53.7 Å². The standard InChI is InChI=1S/C19H20N4OS/c1-14-4-6-15(7-5-14)13-17(24)22-9-11-23(12-10-22)19-21-16-3-2-8-20-18(16)25-19/h2-8H,9-13H2,1H3. The van der Waals surface area contributed by atoms with Gasteiger partial charge >= 0.3 is 0 Å². The quantitative estimate of drug-likeness (QED) is 0.727. The highest BCUT2D eigenvalue weighted by molar-refractivity contribution is 7.21. The molecule has 1 aliphatic heterocycles.